The molecule has 138 valence electrons. The predicted octanol–water partition coefficient (Wildman–Crippen LogP) is 3.25. The third-order valence-electron chi connectivity index (χ3n) is 3.61. The first kappa shape index (κ1) is 18.8. The lowest BCUT2D eigenvalue weighted by Crippen LogP contribution is -2.31. The molecule has 0 bridgehead atoms. The number of ether oxygens (including phenoxy) is 1. The average Bonchev–Trinajstić information content (AvgIpc) is 2.66. The van der Waals surface area contributed by atoms with Gasteiger partial charge in [-0.2, -0.15) is 0 Å². The van der Waals surface area contributed by atoms with Crippen molar-refractivity contribution < 1.29 is 13.9 Å². The van der Waals surface area contributed by atoms with Crippen LogP contribution in [0.1, 0.15) is 5.56 Å². The van der Waals surface area contributed by atoms with E-state index in [1.54, 1.807) is 30.5 Å². The Morgan fingerprint density at radius 3 is 2.85 bits per heavy atom. The summed E-state index contributed by atoms with van der Waals surface area (Å²) < 4.78 is 21.6. The molecule has 3 rings (SSSR count). The Labute approximate surface area is 162 Å². The van der Waals surface area contributed by atoms with Crippen LogP contribution in [-0.2, 0) is 17.9 Å². The smallest absolute Gasteiger partial charge is 0.251 e. The topological polar surface area (TPSA) is 73.2 Å². The van der Waals surface area contributed by atoms with Crippen LogP contribution in [0.15, 0.2) is 70.3 Å². The number of amides is 1. The van der Waals surface area contributed by atoms with Gasteiger partial charge in [0.2, 0.25) is 5.91 Å². The average molecular weight is 432 g/mol. The van der Waals surface area contributed by atoms with E-state index in [0.717, 1.165) is 0 Å². The summed E-state index contributed by atoms with van der Waals surface area (Å²) >= 11 is 3.25. The second-order valence-corrected chi connectivity index (χ2v) is 6.56. The standard InChI is InChI=1S/C19H15BrFN3O3/c20-14-4-6-19(26)24(11-14)12-18(25)23-9-13-3-5-17(16(21)8-13)27-15-2-1-7-22-10-15/h1-8,10-11H,9,12H2,(H,23,25). The second-order valence-electron chi connectivity index (χ2n) is 5.65. The molecule has 3 aromatic rings. The highest BCUT2D eigenvalue weighted by molar-refractivity contribution is 9.10. The molecule has 8 heteroatoms. The number of carbonyl (C=O) groups excluding carboxylic acids is 1. The van der Waals surface area contributed by atoms with Crippen LogP contribution in [0.25, 0.3) is 0 Å². The van der Waals surface area contributed by atoms with Gasteiger partial charge in [0.1, 0.15) is 12.3 Å². The molecule has 0 aliphatic carbocycles. The summed E-state index contributed by atoms with van der Waals surface area (Å²) in [6.07, 6.45) is 4.61. The van der Waals surface area contributed by atoms with Gasteiger partial charge in [-0.15, -0.1) is 0 Å². The molecule has 0 aliphatic heterocycles. The zero-order valence-corrected chi connectivity index (χ0v) is 15.6. The Balaban J connectivity index is 1.59. The number of aromatic nitrogens is 2. The summed E-state index contributed by atoms with van der Waals surface area (Å²) in [6, 6.07) is 10.8. The molecule has 0 spiro atoms. The van der Waals surface area contributed by atoms with Crippen molar-refractivity contribution in [2.75, 3.05) is 0 Å². The summed E-state index contributed by atoms with van der Waals surface area (Å²) in [7, 11) is 0. The van der Waals surface area contributed by atoms with Crippen LogP contribution in [0.3, 0.4) is 0 Å². The highest BCUT2D eigenvalue weighted by Gasteiger charge is 2.09. The molecule has 0 unspecified atom stereocenters. The van der Waals surface area contributed by atoms with Crippen molar-refractivity contribution in [2.24, 2.45) is 0 Å². The van der Waals surface area contributed by atoms with E-state index in [2.05, 4.69) is 26.2 Å². The van der Waals surface area contributed by atoms with Gasteiger partial charge in [-0.05, 0) is 51.8 Å². The van der Waals surface area contributed by atoms with Crippen molar-refractivity contribution in [1.29, 1.82) is 0 Å². The molecule has 0 radical (unpaired) electrons. The van der Waals surface area contributed by atoms with Crippen molar-refractivity contribution in [3.05, 3.63) is 87.3 Å². The Hall–Kier alpha value is -3.00. The molecule has 2 heterocycles. The van der Waals surface area contributed by atoms with Crippen molar-refractivity contribution in [2.45, 2.75) is 13.1 Å². The summed E-state index contributed by atoms with van der Waals surface area (Å²) in [5, 5.41) is 2.66. The molecular weight excluding hydrogens is 417 g/mol. The number of hydrogen-bond acceptors (Lipinski definition) is 4. The molecule has 27 heavy (non-hydrogen) atoms. The van der Waals surface area contributed by atoms with E-state index in [1.165, 1.54) is 35.2 Å². The van der Waals surface area contributed by atoms with Crippen molar-refractivity contribution in [3.8, 4) is 11.5 Å². The van der Waals surface area contributed by atoms with Crippen molar-refractivity contribution in [1.82, 2.24) is 14.9 Å². The highest BCUT2D eigenvalue weighted by atomic mass is 79.9. The fraction of sp³-hybridized carbons (Fsp3) is 0.105. The van der Waals surface area contributed by atoms with Gasteiger partial charge >= 0.3 is 0 Å². The normalized spacial score (nSPS) is 10.4. The van der Waals surface area contributed by atoms with E-state index < -0.39 is 5.82 Å². The lowest BCUT2D eigenvalue weighted by atomic mass is 10.2. The van der Waals surface area contributed by atoms with E-state index in [4.69, 9.17) is 4.74 Å². The third-order valence-corrected chi connectivity index (χ3v) is 4.08. The van der Waals surface area contributed by atoms with E-state index in [0.29, 0.717) is 15.8 Å². The maximum absolute atomic E-state index is 14.2. The zero-order chi connectivity index (χ0) is 19.2. The van der Waals surface area contributed by atoms with Crippen LogP contribution in [0.4, 0.5) is 4.39 Å². The van der Waals surface area contributed by atoms with Crippen LogP contribution in [0.2, 0.25) is 0 Å². The Kier molecular flexibility index (Phi) is 5.97. The largest absolute Gasteiger partial charge is 0.453 e. The lowest BCUT2D eigenvalue weighted by molar-refractivity contribution is -0.121. The fourth-order valence-corrected chi connectivity index (χ4v) is 2.69. The summed E-state index contributed by atoms with van der Waals surface area (Å²) in [4.78, 5) is 27.6. The van der Waals surface area contributed by atoms with Crippen LogP contribution in [0.5, 0.6) is 11.5 Å². The molecule has 1 N–H and O–H groups in total. The molecule has 1 amide bonds. The van der Waals surface area contributed by atoms with Gasteiger partial charge in [0.05, 0.1) is 6.20 Å². The van der Waals surface area contributed by atoms with Gasteiger partial charge in [0.25, 0.3) is 5.56 Å². The molecular formula is C19H15BrFN3O3. The summed E-state index contributed by atoms with van der Waals surface area (Å²) in [6.45, 7) is 0.00857. The SMILES string of the molecule is O=C(Cn1cc(Br)ccc1=O)NCc1ccc(Oc2cccnc2)c(F)c1. The number of nitrogens with zero attached hydrogens (tertiary/aromatic N) is 2. The van der Waals surface area contributed by atoms with E-state index in [1.807, 2.05) is 0 Å². The highest BCUT2D eigenvalue weighted by Crippen LogP contribution is 2.24. The summed E-state index contributed by atoms with van der Waals surface area (Å²) in [5.74, 6) is -0.407. The van der Waals surface area contributed by atoms with Crippen LogP contribution in [-0.4, -0.2) is 15.5 Å². The number of pyridine rings is 2. The first-order valence-electron chi connectivity index (χ1n) is 8.00. The van der Waals surface area contributed by atoms with Gasteiger partial charge in [0.15, 0.2) is 11.6 Å². The lowest BCUT2D eigenvalue weighted by Gasteiger charge is -2.10. The maximum atomic E-state index is 14.2. The molecule has 0 saturated heterocycles. The number of nitrogens with one attached hydrogen (secondary N) is 1. The zero-order valence-electron chi connectivity index (χ0n) is 14.1. The quantitative estimate of drug-likeness (QED) is 0.649. The van der Waals surface area contributed by atoms with Crippen LogP contribution in [0, 0.1) is 5.82 Å². The predicted molar refractivity (Wildman–Crippen MR) is 101 cm³/mol. The van der Waals surface area contributed by atoms with Gasteiger partial charge in [-0.3, -0.25) is 14.6 Å². The Morgan fingerprint density at radius 2 is 2.11 bits per heavy atom. The van der Waals surface area contributed by atoms with Crippen molar-refractivity contribution >= 4 is 21.8 Å². The van der Waals surface area contributed by atoms with Gasteiger partial charge in [-0.25, -0.2) is 4.39 Å². The number of carbonyl (C=O) groups is 1. The molecule has 2 aromatic heterocycles. The minimum Gasteiger partial charge on any atom is -0.453 e. The van der Waals surface area contributed by atoms with E-state index in [-0.39, 0.29) is 30.3 Å². The van der Waals surface area contributed by atoms with Gasteiger partial charge in [0, 0.05) is 29.5 Å². The fourth-order valence-electron chi connectivity index (χ4n) is 2.31. The minimum absolute atomic E-state index is 0.0683. The monoisotopic (exact) mass is 431 g/mol. The molecule has 0 atom stereocenters. The van der Waals surface area contributed by atoms with Crippen molar-refractivity contribution in [3.63, 3.8) is 0 Å². The Bertz CT molecular complexity index is 1010. The molecule has 1 aromatic carbocycles. The van der Waals surface area contributed by atoms with Gasteiger partial charge in [-0.1, -0.05) is 6.07 Å². The third kappa shape index (κ3) is 5.24. The van der Waals surface area contributed by atoms with E-state index >= 15 is 0 Å². The molecule has 0 fully saturated rings. The number of benzene rings is 1. The molecule has 6 nitrogen and oxygen atoms in total. The van der Waals surface area contributed by atoms with Crippen LogP contribution < -0.4 is 15.6 Å². The molecule has 0 saturated carbocycles. The van der Waals surface area contributed by atoms with E-state index in [9.17, 15) is 14.0 Å². The Morgan fingerprint density at radius 1 is 1.26 bits per heavy atom. The first-order valence-corrected chi connectivity index (χ1v) is 8.79. The second kappa shape index (κ2) is 8.59. The number of hydrogen-bond donors (Lipinski definition) is 1. The maximum Gasteiger partial charge on any atom is 0.251 e. The number of rotatable bonds is 6. The minimum atomic E-state index is -0.547. The molecule has 0 aliphatic rings. The summed E-state index contributed by atoms with van der Waals surface area (Å²) in [5.41, 5.74) is 0.289. The first-order chi connectivity index (χ1) is 13.0. The van der Waals surface area contributed by atoms with Crippen LogP contribution >= 0.6 is 15.9 Å². The van der Waals surface area contributed by atoms with Gasteiger partial charge < -0.3 is 14.6 Å². The number of halogens is 2.